The van der Waals surface area contributed by atoms with E-state index in [0.29, 0.717) is 25.3 Å². The lowest BCUT2D eigenvalue weighted by molar-refractivity contribution is 0.0188. The van der Waals surface area contributed by atoms with Crippen LogP contribution < -0.4 is 5.06 Å². The topological polar surface area (TPSA) is 116 Å². The van der Waals surface area contributed by atoms with Crippen LogP contribution in [0.5, 0.6) is 0 Å². The van der Waals surface area contributed by atoms with E-state index in [1.165, 1.54) is 9.03 Å². The number of carbonyl (C=O) groups excluding carboxylic acids is 2. The Balaban J connectivity index is 1.75. The van der Waals surface area contributed by atoms with E-state index in [1.54, 1.807) is 57.7 Å². The van der Waals surface area contributed by atoms with Crippen LogP contribution in [0.25, 0.3) is 11.3 Å². The Bertz CT molecular complexity index is 1310. The first-order chi connectivity index (χ1) is 14.7. The molecule has 4 rings (SSSR count). The number of anilines is 1. The molecule has 13 heteroatoms. The lowest BCUT2D eigenvalue weighted by Gasteiger charge is -2.24. The summed E-state index contributed by atoms with van der Waals surface area (Å²) in [5.41, 5.74) is -0.0963. The molecule has 0 aliphatic rings. The quantitative estimate of drug-likeness (QED) is 0.345. The molecule has 0 fully saturated rings. The van der Waals surface area contributed by atoms with Crippen LogP contribution in [0.3, 0.4) is 0 Å². The minimum Gasteiger partial charge on any atom is -0.441 e. The number of fused-ring (bicyclic) bond motifs is 2. The summed E-state index contributed by atoms with van der Waals surface area (Å²) in [7, 11) is 0. The Labute approximate surface area is 192 Å². The number of nitrogens with zero attached hydrogens (tertiary/aromatic N) is 7. The maximum Gasteiger partial charge on any atom is 0.450 e. The predicted octanol–water partition coefficient (Wildman–Crippen LogP) is 3.81. The van der Waals surface area contributed by atoms with Crippen molar-refractivity contribution in [2.24, 2.45) is 0 Å². The average molecular weight is 553 g/mol. The minimum absolute atomic E-state index is 0.0145. The molecule has 4 heterocycles. The zero-order valence-corrected chi connectivity index (χ0v) is 19.7. The van der Waals surface area contributed by atoms with Crippen molar-refractivity contribution in [3.05, 3.63) is 51.6 Å². The van der Waals surface area contributed by atoms with Gasteiger partial charge in [-0.25, -0.2) is 28.6 Å². The largest absolute Gasteiger partial charge is 0.450 e. The smallest absolute Gasteiger partial charge is 0.441 e. The van der Waals surface area contributed by atoms with Crippen molar-refractivity contribution < 1.29 is 19.2 Å². The molecule has 4 aromatic heterocycles. The second kappa shape index (κ2) is 7.89. The Hall–Kier alpha value is -3.06. The van der Waals surface area contributed by atoms with Gasteiger partial charge in [0.1, 0.15) is 10.1 Å². The fraction of sp³-hybridized carbons (Fsp3) is 0.222. The first-order valence-electron chi connectivity index (χ1n) is 8.89. The summed E-state index contributed by atoms with van der Waals surface area (Å²) in [4.78, 5) is 39.6. The van der Waals surface area contributed by atoms with E-state index in [2.05, 4.69) is 52.0 Å². The minimum atomic E-state index is -0.942. The molecule has 0 aliphatic carbocycles. The van der Waals surface area contributed by atoms with Crippen molar-refractivity contribution in [3.8, 4) is 0 Å². The van der Waals surface area contributed by atoms with Crippen LogP contribution in [0.1, 0.15) is 31.3 Å². The van der Waals surface area contributed by atoms with Crippen LogP contribution in [0.2, 0.25) is 0 Å². The number of hydrogen-bond donors (Lipinski definition) is 0. The second-order valence-electron chi connectivity index (χ2n) is 7.23. The lowest BCUT2D eigenvalue weighted by Crippen LogP contribution is -2.39. The number of amides is 1. The van der Waals surface area contributed by atoms with Gasteiger partial charge in [0, 0.05) is 24.8 Å². The van der Waals surface area contributed by atoms with Gasteiger partial charge in [-0.05, 0) is 64.8 Å². The van der Waals surface area contributed by atoms with E-state index in [1.807, 2.05) is 0 Å². The van der Waals surface area contributed by atoms with E-state index in [-0.39, 0.29) is 11.5 Å². The molecular weight excluding hydrogens is 538 g/mol. The van der Waals surface area contributed by atoms with Crippen molar-refractivity contribution in [1.82, 2.24) is 29.2 Å². The Kier molecular flexibility index (Phi) is 5.39. The summed E-state index contributed by atoms with van der Waals surface area (Å²) in [6, 6.07) is 3.33. The third-order valence-electron chi connectivity index (χ3n) is 3.78. The van der Waals surface area contributed by atoms with Crippen molar-refractivity contribution in [3.63, 3.8) is 0 Å². The molecule has 0 N–H and O–H groups in total. The SMILES string of the molecule is CC(C)(C)OC(=O)N(OC(=O)c1nn2cccnc2c1Br)c1nn2cccnc2c1Br. The average Bonchev–Trinajstić information content (AvgIpc) is 3.23. The van der Waals surface area contributed by atoms with Gasteiger partial charge in [0.25, 0.3) is 0 Å². The van der Waals surface area contributed by atoms with Gasteiger partial charge in [0.15, 0.2) is 17.0 Å². The highest BCUT2D eigenvalue weighted by Crippen LogP contribution is 2.31. The van der Waals surface area contributed by atoms with Gasteiger partial charge in [-0.3, -0.25) is 0 Å². The number of hydroxylamine groups is 1. The van der Waals surface area contributed by atoms with Gasteiger partial charge >= 0.3 is 12.1 Å². The van der Waals surface area contributed by atoms with Gasteiger partial charge in [-0.1, -0.05) is 5.06 Å². The molecule has 0 unspecified atom stereocenters. The summed E-state index contributed by atoms with van der Waals surface area (Å²) < 4.78 is 8.89. The van der Waals surface area contributed by atoms with Crippen molar-refractivity contribution in [2.75, 3.05) is 5.06 Å². The highest BCUT2D eigenvalue weighted by Gasteiger charge is 2.33. The monoisotopic (exact) mass is 551 g/mol. The number of halogens is 2. The fourth-order valence-electron chi connectivity index (χ4n) is 2.56. The number of aromatic nitrogens is 6. The standard InChI is InChI=1S/C18H15Br2N7O4/c1-18(2,3)30-17(29)27(15-11(20)14-22-7-5-9-26(14)24-15)31-16(28)12-10(19)13-21-6-4-8-25(13)23-12/h4-9H,1-3H3. The maximum absolute atomic E-state index is 12.9. The number of rotatable bonds is 2. The van der Waals surface area contributed by atoms with Gasteiger partial charge < -0.3 is 9.57 Å². The zero-order valence-electron chi connectivity index (χ0n) is 16.5. The van der Waals surface area contributed by atoms with Crippen molar-refractivity contribution >= 4 is 61.0 Å². The zero-order chi connectivity index (χ0) is 22.3. The van der Waals surface area contributed by atoms with Crippen LogP contribution in [0.15, 0.2) is 45.9 Å². The molecule has 4 aromatic rings. The molecule has 1 amide bonds. The lowest BCUT2D eigenvalue weighted by atomic mass is 10.2. The van der Waals surface area contributed by atoms with E-state index >= 15 is 0 Å². The molecule has 0 aliphatic heterocycles. The summed E-state index contributed by atoms with van der Waals surface area (Å²) in [5, 5.41) is 9.11. The van der Waals surface area contributed by atoms with Crippen LogP contribution in [-0.2, 0) is 9.57 Å². The normalized spacial score (nSPS) is 11.6. The Morgan fingerprint density at radius 2 is 1.55 bits per heavy atom. The molecule has 11 nitrogen and oxygen atoms in total. The Morgan fingerprint density at radius 1 is 0.968 bits per heavy atom. The number of hydrogen-bond acceptors (Lipinski definition) is 8. The van der Waals surface area contributed by atoms with Gasteiger partial charge in [-0.2, -0.15) is 5.10 Å². The second-order valence-corrected chi connectivity index (χ2v) is 8.82. The van der Waals surface area contributed by atoms with Crippen LogP contribution in [-0.4, -0.2) is 46.9 Å². The third kappa shape index (κ3) is 4.10. The van der Waals surface area contributed by atoms with Crippen LogP contribution in [0.4, 0.5) is 10.6 Å². The summed E-state index contributed by atoms with van der Waals surface area (Å²) in [6.45, 7) is 5.07. The molecular formula is C18H15Br2N7O4. The Morgan fingerprint density at radius 3 is 2.10 bits per heavy atom. The molecule has 0 aromatic carbocycles. The van der Waals surface area contributed by atoms with E-state index in [4.69, 9.17) is 9.57 Å². The van der Waals surface area contributed by atoms with Gasteiger partial charge in [0.2, 0.25) is 5.82 Å². The first kappa shape index (κ1) is 21.2. The first-order valence-corrected chi connectivity index (χ1v) is 10.5. The molecule has 0 saturated heterocycles. The van der Waals surface area contributed by atoms with Gasteiger partial charge in [0.05, 0.1) is 4.47 Å². The molecule has 0 atom stereocenters. The summed E-state index contributed by atoms with van der Waals surface area (Å²) >= 11 is 6.67. The molecule has 0 saturated carbocycles. The fourth-order valence-corrected chi connectivity index (χ4v) is 3.61. The summed E-state index contributed by atoms with van der Waals surface area (Å²) in [6.07, 6.45) is 5.44. The van der Waals surface area contributed by atoms with E-state index in [9.17, 15) is 9.59 Å². The van der Waals surface area contributed by atoms with E-state index < -0.39 is 17.7 Å². The molecule has 0 radical (unpaired) electrons. The van der Waals surface area contributed by atoms with Crippen molar-refractivity contribution in [1.29, 1.82) is 0 Å². The third-order valence-corrected chi connectivity index (χ3v) is 5.22. The van der Waals surface area contributed by atoms with Gasteiger partial charge in [-0.15, -0.1) is 5.10 Å². The van der Waals surface area contributed by atoms with Crippen LogP contribution >= 0.6 is 31.9 Å². The molecule has 160 valence electrons. The maximum atomic E-state index is 12.9. The summed E-state index contributed by atoms with van der Waals surface area (Å²) in [5.74, 6) is -0.931. The predicted molar refractivity (Wildman–Crippen MR) is 116 cm³/mol. The van der Waals surface area contributed by atoms with Crippen LogP contribution in [0, 0.1) is 0 Å². The number of carbonyl (C=O) groups is 2. The highest BCUT2D eigenvalue weighted by molar-refractivity contribution is 9.11. The molecule has 0 bridgehead atoms. The number of ether oxygens (including phenoxy) is 1. The highest BCUT2D eigenvalue weighted by atomic mass is 79.9. The van der Waals surface area contributed by atoms with E-state index in [0.717, 1.165) is 0 Å². The van der Waals surface area contributed by atoms with Crippen molar-refractivity contribution in [2.45, 2.75) is 26.4 Å². The molecule has 31 heavy (non-hydrogen) atoms. The molecule has 0 spiro atoms.